The molecule has 35 heavy (non-hydrogen) atoms. The molecule has 0 aromatic rings. The first-order valence-corrected chi connectivity index (χ1v) is 14.3. The summed E-state index contributed by atoms with van der Waals surface area (Å²) in [6.45, 7) is 12.9. The molecular weight excluding hydrogens is 442 g/mol. The predicted octanol–water partition coefficient (Wildman–Crippen LogP) is 5.26. The third-order valence-electron chi connectivity index (χ3n) is 10.6. The number of rotatable bonds is 7. The van der Waals surface area contributed by atoms with Crippen LogP contribution in [0.2, 0.25) is 0 Å². The van der Waals surface area contributed by atoms with Gasteiger partial charge in [-0.25, -0.2) is 0 Å². The first-order chi connectivity index (χ1) is 16.8. The Morgan fingerprint density at radius 2 is 1.86 bits per heavy atom. The van der Waals surface area contributed by atoms with Crippen molar-refractivity contribution in [3.63, 3.8) is 0 Å². The molecule has 1 unspecified atom stereocenters. The topological polar surface area (TPSA) is 68.2 Å². The van der Waals surface area contributed by atoms with Crippen LogP contribution in [0.25, 0.3) is 0 Å². The summed E-state index contributed by atoms with van der Waals surface area (Å²) in [5.41, 5.74) is 1.72. The minimum Gasteiger partial charge on any atom is -0.480 e. The second-order valence-electron chi connectivity index (χ2n) is 12.7. The first-order valence-electron chi connectivity index (χ1n) is 14.3. The number of fused-ring (bicyclic) bond motifs is 3. The molecule has 0 amide bonds. The Kier molecular flexibility index (Phi) is 7.66. The van der Waals surface area contributed by atoms with E-state index in [-0.39, 0.29) is 29.8 Å². The Bertz CT molecular complexity index is 773. The molecule has 0 spiro atoms. The Labute approximate surface area is 211 Å². The molecular formula is C29H47NO5. The zero-order valence-corrected chi connectivity index (χ0v) is 22.0. The number of likely N-dealkylation sites (tertiary alicyclic amines) is 1. The van der Waals surface area contributed by atoms with Crippen LogP contribution in [-0.4, -0.2) is 67.3 Å². The van der Waals surface area contributed by atoms with Gasteiger partial charge in [-0.3, -0.25) is 9.69 Å². The second-order valence-corrected chi connectivity index (χ2v) is 12.7. The van der Waals surface area contributed by atoms with E-state index in [2.05, 4.69) is 20.4 Å². The van der Waals surface area contributed by atoms with Crippen molar-refractivity contribution in [1.29, 1.82) is 0 Å². The SMILES string of the molecule is C=C1CCC2[C@]3(C)CO[C@@H](C4CCCC4)O[C@@H]3CC[C@@]2(C)[C@@H]1CCOC1CCN(CC(=O)O)CC1. The van der Waals surface area contributed by atoms with Crippen molar-refractivity contribution in [2.24, 2.45) is 28.6 Å². The molecule has 6 nitrogen and oxygen atoms in total. The van der Waals surface area contributed by atoms with Crippen LogP contribution in [0.5, 0.6) is 0 Å². The highest BCUT2D eigenvalue weighted by atomic mass is 16.7. The van der Waals surface area contributed by atoms with Gasteiger partial charge in [0.1, 0.15) is 0 Å². The highest BCUT2D eigenvalue weighted by Gasteiger charge is 2.60. The number of piperidine rings is 1. The van der Waals surface area contributed by atoms with Crippen molar-refractivity contribution in [1.82, 2.24) is 4.90 Å². The molecule has 2 heterocycles. The van der Waals surface area contributed by atoms with Crippen molar-refractivity contribution in [3.8, 4) is 0 Å². The fraction of sp³-hybridized carbons (Fsp3) is 0.897. The summed E-state index contributed by atoms with van der Waals surface area (Å²) in [5, 5.41) is 9.02. The van der Waals surface area contributed by atoms with E-state index in [0.29, 0.717) is 23.9 Å². The summed E-state index contributed by atoms with van der Waals surface area (Å²) in [7, 11) is 0. The number of hydrogen-bond acceptors (Lipinski definition) is 5. The van der Waals surface area contributed by atoms with Crippen molar-refractivity contribution in [2.75, 3.05) is 32.8 Å². The van der Waals surface area contributed by atoms with Gasteiger partial charge in [0.05, 0.1) is 25.4 Å². The normalized spacial score (nSPS) is 41.5. The lowest BCUT2D eigenvalue weighted by atomic mass is 9.46. The van der Waals surface area contributed by atoms with Gasteiger partial charge in [0.15, 0.2) is 6.29 Å². The molecule has 2 saturated heterocycles. The van der Waals surface area contributed by atoms with Gasteiger partial charge < -0.3 is 19.3 Å². The fourth-order valence-corrected chi connectivity index (χ4v) is 8.64. The van der Waals surface area contributed by atoms with Gasteiger partial charge in [0, 0.05) is 31.0 Å². The highest BCUT2D eigenvalue weighted by Crippen LogP contribution is 2.63. The molecule has 2 aliphatic heterocycles. The van der Waals surface area contributed by atoms with Crippen LogP contribution in [0.15, 0.2) is 12.2 Å². The number of ether oxygens (including phenoxy) is 3. The third kappa shape index (κ3) is 5.10. The number of carboxylic acids is 1. The molecule has 0 radical (unpaired) electrons. The molecule has 5 aliphatic rings. The minimum atomic E-state index is -0.741. The molecule has 6 atom stereocenters. The van der Waals surface area contributed by atoms with Gasteiger partial charge in [0.25, 0.3) is 0 Å². The molecule has 5 rings (SSSR count). The summed E-state index contributed by atoms with van der Waals surface area (Å²) in [5.74, 6) is 0.931. The zero-order chi connectivity index (χ0) is 24.6. The Hall–Kier alpha value is -0.950. The molecule has 0 aromatic heterocycles. The average molecular weight is 490 g/mol. The predicted molar refractivity (Wildman–Crippen MR) is 135 cm³/mol. The van der Waals surface area contributed by atoms with E-state index in [0.717, 1.165) is 58.4 Å². The summed E-state index contributed by atoms with van der Waals surface area (Å²) in [6.07, 6.45) is 13.3. The standard InChI is InChI=1S/C29H47NO5/c1-20-8-9-24-28(2,23(20)13-17-33-22-11-15-30(16-12-22)18-26(31)32)14-10-25-29(24,3)19-34-27(35-25)21-6-4-5-7-21/h21-25,27H,1,4-19H2,2-3H3,(H,31,32)/t23-,24?,25-,27-,28+,29+/m1/s1. The highest BCUT2D eigenvalue weighted by molar-refractivity contribution is 5.69. The number of carboxylic acid groups (broad SMARTS) is 1. The molecule has 0 aromatic carbocycles. The lowest BCUT2D eigenvalue weighted by Gasteiger charge is -2.63. The second kappa shape index (κ2) is 10.4. The summed E-state index contributed by atoms with van der Waals surface area (Å²) in [4.78, 5) is 13.0. The van der Waals surface area contributed by atoms with E-state index in [9.17, 15) is 4.79 Å². The van der Waals surface area contributed by atoms with E-state index in [1.807, 2.05) is 4.90 Å². The smallest absolute Gasteiger partial charge is 0.317 e. The van der Waals surface area contributed by atoms with Gasteiger partial charge in [-0.15, -0.1) is 0 Å². The first kappa shape index (κ1) is 25.7. The Balaban J connectivity index is 1.18. The van der Waals surface area contributed by atoms with Gasteiger partial charge in [-0.1, -0.05) is 38.8 Å². The summed E-state index contributed by atoms with van der Waals surface area (Å²) >= 11 is 0. The van der Waals surface area contributed by atoms with Crippen molar-refractivity contribution >= 4 is 5.97 Å². The van der Waals surface area contributed by atoms with Crippen LogP contribution in [-0.2, 0) is 19.0 Å². The van der Waals surface area contributed by atoms with Crippen LogP contribution in [0.1, 0.15) is 84.5 Å². The fourth-order valence-electron chi connectivity index (χ4n) is 8.64. The number of aliphatic carboxylic acids is 1. The minimum absolute atomic E-state index is 0.0181. The lowest BCUT2D eigenvalue weighted by Crippen LogP contribution is -2.62. The molecule has 198 valence electrons. The molecule has 0 bridgehead atoms. The van der Waals surface area contributed by atoms with Crippen LogP contribution >= 0.6 is 0 Å². The monoisotopic (exact) mass is 489 g/mol. The van der Waals surface area contributed by atoms with E-state index >= 15 is 0 Å². The van der Waals surface area contributed by atoms with Gasteiger partial charge in [0.2, 0.25) is 0 Å². The largest absolute Gasteiger partial charge is 0.480 e. The third-order valence-corrected chi connectivity index (χ3v) is 10.6. The lowest BCUT2D eigenvalue weighted by molar-refractivity contribution is -0.316. The van der Waals surface area contributed by atoms with Crippen LogP contribution < -0.4 is 0 Å². The van der Waals surface area contributed by atoms with Crippen molar-refractivity contribution in [2.45, 2.75) is 103 Å². The maximum Gasteiger partial charge on any atom is 0.317 e. The Morgan fingerprint density at radius 3 is 2.57 bits per heavy atom. The molecule has 1 N–H and O–H groups in total. The Morgan fingerprint density at radius 1 is 1.11 bits per heavy atom. The average Bonchev–Trinajstić information content (AvgIpc) is 3.36. The quantitative estimate of drug-likeness (QED) is 0.492. The number of carbonyl (C=O) groups is 1. The van der Waals surface area contributed by atoms with Crippen LogP contribution in [0.4, 0.5) is 0 Å². The summed E-state index contributed by atoms with van der Waals surface area (Å²) < 4.78 is 19.5. The number of hydrogen-bond donors (Lipinski definition) is 1. The van der Waals surface area contributed by atoms with Gasteiger partial charge in [-0.2, -0.15) is 0 Å². The molecule has 6 heteroatoms. The summed E-state index contributed by atoms with van der Waals surface area (Å²) in [6, 6.07) is 0. The number of nitrogens with zero attached hydrogens (tertiary/aromatic N) is 1. The van der Waals surface area contributed by atoms with E-state index in [1.54, 1.807) is 0 Å². The maximum absolute atomic E-state index is 11.0. The van der Waals surface area contributed by atoms with Crippen LogP contribution in [0, 0.1) is 28.6 Å². The zero-order valence-electron chi connectivity index (χ0n) is 22.0. The van der Waals surface area contributed by atoms with Crippen LogP contribution in [0.3, 0.4) is 0 Å². The van der Waals surface area contributed by atoms with E-state index < -0.39 is 5.97 Å². The number of allylic oxidation sites excluding steroid dienone is 1. The van der Waals surface area contributed by atoms with Crippen molar-refractivity contribution in [3.05, 3.63) is 12.2 Å². The van der Waals surface area contributed by atoms with Crippen molar-refractivity contribution < 1.29 is 24.1 Å². The van der Waals surface area contributed by atoms with Gasteiger partial charge in [-0.05, 0) is 75.0 Å². The van der Waals surface area contributed by atoms with Gasteiger partial charge >= 0.3 is 5.97 Å². The van der Waals surface area contributed by atoms with E-state index in [4.69, 9.17) is 19.3 Å². The van der Waals surface area contributed by atoms with E-state index in [1.165, 1.54) is 44.1 Å². The molecule has 3 aliphatic carbocycles. The molecule has 3 saturated carbocycles. The maximum atomic E-state index is 11.0. The molecule has 5 fully saturated rings.